The van der Waals surface area contributed by atoms with Gasteiger partial charge in [-0.15, -0.1) is 0 Å². The number of hydrogen-bond donors (Lipinski definition) is 0. The summed E-state index contributed by atoms with van der Waals surface area (Å²) in [5.41, 5.74) is 1.03. The number of nitrogens with zero attached hydrogens (tertiary/aromatic N) is 3. The van der Waals surface area contributed by atoms with Gasteiger partial charge in [0.1, 0.15) is 34.9 Å². The lowest BCUT2D eigenvalue weighted by molar-refractivity contribution is -0.216. The van der Waals surface area contributed by atoms with Gasteiger partial charge in [-0.1, -0.05) is 40.9 Å². The zero-order chi connectivity index (χ0) is 21.3. The zero-order valence-corrected chi connectivity index (χ0v) is 18.9. The van der Waals surface area contributed by atoms with Crippen LogP contribution in [0.3, 0.4) is 0 Å². The average Bonchev–Trinajstić information content (AvgIpc) is 3.31. The summed E-state index contributed by atoms with van der Waals surface area (Å²) >= 11 is 18.6. The lowest BCUT2D eigenvalue weighted by Gasteiger charge is -2.32. The second-order valence-electron chi connectivity index (χ2n) is 8.39. The molecule has 3 aromatic rings. The summed E-state index contributed by atoms with van der Waals surface area (Å²) in [6, 6.07) is 7.48. The number of aromatic nitrogens is 3. The number of halogens is 3. The van der Waals surface area contributed by atoms with Crippen molar-refractivity contribution in [2.24, 2.45) is 0 Å². The van der Waals surface area contributed by atoms with Crippen molar-refractivity contribution in [3.63, 3.8) is 0 Å². The Bertz CT molecular complexity index is 1140. The van der Waals surface area contributed by atoms with E-state index in [1.54, 1.807) is 6.07 Å². The standard InChI is InChI=1S/C21H20Cl3N3O3/c1-20(2)28-15-16(29-20)21(3,9-11-4-5-13(22)14(23)8-11)30-19(15)27-7-6-12-17(24)25-10-26-18(12)27/h4-8,10,15-16,19H,9H2,1-3H3/t15-,16-,19-,21-/m1/s1. The van der Waals surface area contributed by atoms with Crippen molar-refractivity contribution >= 4 is 45.8 Å². The van der Waals surface area contributed by atoms with Gasteiger partial charge in [-0.3, -0.25) is 0 Å². The summed E-state index contributed by atoms with van der Waals surface area (Å²) in [6.07, 6.45) is 2.87. The predicted octanol–water partition coefficient (Wildman–Crippen LogP) is 5.44. The molecular weight excluding hydrogens is 449 g/mol. The maximum atomic E-state index is 6.61. The fourth-order valence-electron chi connectivity index (χ4n) is 4.44. The minimum atomic E-state index is -0.730. The third-order valence-electron chi connectivity index (χ3n) is 5.68. The maximum Gasteiger partial charge on any atom is 0.165 e. The van der Waals surface area contributed by atoms with E-state index in [0.29, 0.717) is 27.3 Å². The monoisotopic (exact) mass is 467 g/mol. The van der Waals surface area contributed by atoms with Gasteiger partial charge in [-0.2, -0.15) is 0 Å². The van der Waals surface area contributed by atoms with Gasteiger partial charge in [-0.25, -0.2) is 9.97 Å². The van der Waals surface area contributed by atoms with Gasteiger partial charge in [0.05, 0.1) is 15.4 Å². The number of ether oxygens (including phenoxy) is 3. The average molecular weight is 469 g/mol. The molecule has 158 valence electrons. The first-order chi connectivity index (χ1) is 14.2. The molecule has 6 nitrogen and oxygen atoms in total. The Morgan fingerprint density at radius 1 is 1.00 bits per heavy atom. The minimum absolute atomic E-state index is 0.290. The van der Waals surface area contributed by atoms with E-state index in [-0.39, 0.29) is 12.2 Å². The molecule has 2 aliphatic rings. The molecule has 0 bridgehead atoms. The third-order valence-corrected chi connectivity index (χ3v) is 6.72. The zero-order valence-electron chi connectivity index (χ0n) is 16.6. The largest absolute Gasteiger partial charge is 0.346 e. The van der Waals surface area contributed by atoms with Gasteiger partial charge in [0, 0.05) is 12.6 Å². The molecule has 0 spiro atoms. The fraction of sp³-hybridized carbons (Fsp3) is 0.429. The number of hydrogen-bond acceptors (Lipinski definition) is 5. The van der Waals surface area contributed by atoms with E-state index in [0.717, 1.165) is 10.9 Å². The van der Waals surface area contributed by atoms with Crippen molar-refractivity contribution in [2.45, 2.75) is 57.0 Å². The first kappa shape index (κ1) is 20.5. The van der Waals surface area contributed by atoms with Crippen LogP contribution in [0.25, 0.3) is 11.0 Å². The summed E-state index contributed by atoms with van der Waals surface area (Å²) < 4.78 is 21.1. The van der Waals surface area contributed by atoms with E-state index in [1.807, 2.05) is 49.7 Å². The molecule has 2 fully saturated rings. The highest BCUT2D eigenvalue weighted by molar-refractivity contribution is 6.42. The third kappa shape index (κ3) is 3.30. The van der Waals surface area contributed by atoms with E-state index in [9.17, 15) is 0 Å². The quantitative estimate of drug-likeness (QED) is 0.479. The Balaban J connectivity index is 1.55. The molecule has 2 aromatic heterocycles. The van der Waals surface area contributed by atoms with Crippen LogP contribution >= 0.6 is 34.8 Å². The Kier molecular flexibility index (Phi) is 4.82. The van der Waals surface area contributed by atoms with E-state index in [2.05, 4.69) is 9.97 Å². The van der Waals surface area contributed by atoms with Crippen LogP contribution < -0.4 is 0 Å². The Labute approximate surface area is 189 Å². The van der Waals surface area contributed by atoms with Crippen LogP contribution in [0, 0.1) is 0 Å². The molecule has 0 unspecified atom stereocenters. The molecule has 1 aromatic carbocycles. The molecule has 4 heterocycles. The molecule has 0 aliphatic carbocycles. The minimum Gasteiger partial charge on any atom is -0.346 e. The van der Waals surface area contributed by atoms with E-state index in [1.165, 1.54) is 6.33 Å². The van der Waals surface area contributed by atoms with Crippen LogP contribution in [0.5, 0.6) is 0 Å². The van der Waals surface area contributed by atoms with Gasteiger partial charge in [0.15, 0.2) is 12.0 Å². The highest BCUT2D eigenvalue weighted by Crippen LogP contribution is 2.50. The van der Waals surface area contributed by atoms with Crippen molar-refractivity contribution in [3.05, 3.63) is 57.6 Å². The normalized spacial score (nSPS) is 30.1. The molecule has 4 atom stereocenters. The summed E-state index contributed by atoms with van der Waals surface area (Å²) in [5.74, 6) is -0.730. The van der Waals surface area contributed by atoms with Crippen molar-refractivity contribution in [2.75, 3.05) is 0 Å². The van der Waals surface area contributed by atoms with E-state index in [4.69, 9.17) is 49.0 Å². The van der Waals surface area contributed by atoms with Crippen molar-refractivity contribution in [3.8, 4) is 0 Å². The topological polar surface area (TPSA) is 58.4 Å². The second-order valence-corrected chi connectivity index (χ2v) is 9.56. The van der Waals surface area contributed by atoms with Gasteiger partial charge in [0.2, 0.25) is 0 Å². The Hall–Kier alpha value is -1.41. The molecular formula is C21H20Cl3N3O3. The lowest BCUT2D eigenvalue weighted by atomic mass is 9.90. The SMILES string of the molecule is CC1(C)O[C@H]2[C@H](n3ccc4c(Cl)ncnc43)O[C@](C)(Cc3ccc(Cl)c(Cl)c3)[C@@H]2O1. The number of rotatable bonds is 3. The summed E-state index contributed by atoms with van der Waals surface area (Å²) in [6.45, 7) is 5.86. The van der Waals surface area contributed by atoms with Crippen molar-refractivity contribution in [1.29, 1.82) is 0 Å². The number of benzene rings is 1. The van der Waals surface area contributed by atoms with Crippen LogP contribution in [0.2, 0.25) is 15.2 Å². The molecule has 30 heavy (non-hydrogen) atoms. The fourth-order valence-corrected chi connectivity index (χ4v) is 4.95. The molecule has 2 saturated heterocycles. The van der Waals surface area contributed by atoms with Crippen LogP contribution in [0.1, 0.15) is 32.6 Å². The van der Waals surface area contributed by atoms with Crippen LogP contribution in [-0.4, -0.2) is 38.1 Å². The van der Waals surface area contributed by atoms with Crippen LogP contribution in [-0.2, 0) is 20.6 Å². The van der Waals surface area contributed by atoms with E-state index < -0.39 is 17.6 Å². The van der Waals surface area contributed by atoms with Gasteiger partial charge in [0.25, 0.3) is 0 Å². The van der Waals surface area contributed by atoms with Gasteiger partial charge < -0.3 is 18.8 Å². The first-order valence-corrected chi connectivity index (χ1v) is 10.7. The molecule has 9 heteroatoms. The number of fused-ring (bicyclic) bond motifs is 2. The second kappa shape index (κ2) is 7.05. The maximum absolute atomic E-state index is 6.61. The molecule has 2 aliphatic heterocycles. The Morgan fingerprint density at radius 2 is 1.80 bits per heavy atom. The van der Waals surface area contributed by atoms with Gasteiger partial charge >= 0.3 is 0 Å². The highest BCUT2D eigenvalue weighted by Gasteiger charge is 2.61. The van der Waals surface area contributed by atoms with Crippen molar-refractivity contribution < 1.29 is 14.2 Å². The lowest BCUT2D eigenvalue weighted by Crippen LogP contribution is -2.42. The molecule has 0 radical (unpaired) electrons. The summed E-state index contributed by atoms with van der Waals surface area (Å²) in [4.78, 5) is 8.47. The van der Waals surface area contributed by atoms with E-state index >= 15 is 0 Å². The van der Waals surface area contributed by atoms with Crippen LogP contribution in [0.15, 0.2) is 36.8 Å². The van der Waals surface area contributed by atoms with Crippen molar-refractivity contribution in [1.82, 2.24) is 14.5 Å². The van der Waals surface area contributed by atoms with Gasteiger partial charge in [-0.05, 0) is 44.5 Å². The predicted molar refractivity (Wildman–Crippen MR) is 115 cm³/mol. The summed E-state index contributed by atoms with van der Waals surface area (Å²) in [7, 11) is 0. The first-order valence-electron chi connectivity index (χ1n) is 9.61. The molecule has 0 saturated carbocycles. The molecule has 0 N–H and O–H groups in total. The summed E-state index contributed by atoms with van der Waals surface area (Å²) in [5, 5.41) is 2.19. The highest BCUT2D eigenvalue weighted by atomic mass is 35.5. The molecule has 5 rings (SSSR count). The Morgan fingerprint density at radius 3 is 2.57 bits per heavy atom. The van der Waals surface area contributed by atoms with Crippen LogP contribution in [0.4, 0.5) is 0 Å². The molecule has 0 amide bonds. The smallest absolute Gasteiger partial charge is 0.165 e.